The fraction of sp³-hybridized carbons (Fsp3) is 0.460. The van der Waals surface area contributed by atoms with Crippen molar-refractivity contribution in [1.29, 1.82) is 0 Å². The summed E-state index contributed by atoms with van der Waals surface area (Å²) < 4.78 is 6.41. The summed E-state index contributed by atoms with van der Waals surface area (Å²) in [5, 5.41) is 15.9. The van der Waals surface area contributed by atoms with E-state index in [2.05, 4.69) is 90.1 Å². The Hall–Kier alpha value is -3.86. The molecule has 0 saturated heterocycles. The molecule has 0 fully saturated rings. The van der Waals surface area contributed by atoms with E-state index in [9.17, 15) is 9.90 Å². The summed E-state index contributed by atoms with van der Waals surface area (Å²) in [7, 11) is 0. The smallest absolute Gasteiger partial charge is 0.164 e. The molecule has 0 spiro atoms. The van der Waals surface area contributed by atoms with Gasteiger partial charge in [-0.1, -0.05) is 136 Å². The van der Waals surface area contributed by atoms with E-state index in [-0.39, 0.29) is 48.4 Å². The predicted octanol–water partition coefficient (Wildman–Crippen LogP) is 14.3. The van der Waals surface area contributed by atoms with Gasteiger partial charge in [-0.05, 0) is 78.3 Å². The molecule has 1 radical (unpaired) electrons. The third-order valence-corrected chi connectivity index (χ3v) is 11.9. The molecular formula is C50H63IrN2O3-. The largest absolute Gasteiger partial charge is 0.512 e. The van der Waals surface area contributed by atoms with Gasteiger partial charge >= 0.3 is 0 Å². The van der Waals surface area contributed by atoms with Crippen molar-refractivity contribution in [3.05, 3.63) is 95.5 Å². The van der Waals surface area contributed by atoms with Crippen molar-refractivity contribution in [3.8, 4) is 11.3 Å². The molecule has 5 nitrogen and oxygen atoms in total. The second-order valence-electron chi connectivity index (χ2n) is 17.2. The van der Waals surface area contributed by atoms with Crippen LogP contribution in [-0.4, -0.2) is 20.9 Å². The van der Waals surface area contributed by atoms with E-state index in [1.165, 1.54) is 28.0 Å². The van der Waals surface area contributed by atoms with Gasteiger partial charge in [0.25, 0.3) is 0 Å². The maximum absolute atomic E-state index is 12.2. The zero-order chi connectivity index (χ0) is 40.2. The molecule has 0 aliphatic carbocycles. The predicted molar refractivity (Wildman–Crippen MR) is 233 cm³/mol. The van der Waals surface area contributed by atoms with Gasteiger partial charge in [-0.2, -0.15) is 0 Å². The minimum absolute atomic E-state index is 0. The molecule has 1 N–H and O–H groups in total. The molecular weight excluding hydrogens is 869 g/mol. The van der Waals surface area contributed by atoms with Crippen LogP contribution in [-0.2, 0) is 37.7 Å². The number of furan rings is 1. The first-order valence-corrected chi connectivity index (χ1v) is 20.6. The number of allylic oxidation sites excluding steroid dienone is 2. The molecule has 0 aliphatic rings. The minimum atomic E-state index is -0.337. The molecule has 0 unspecified atom stereocenters. The van der Waals surface area contributed by atoms with Crippen LogP contribution >= 0.6 is 0 Å². The van der Waals surface area contributed by atoms with Crippen LogP contribution in [0, 0.1) is 28.7 Å². The monoisotopic (exact) mass is 932 g/mol. The van der Waals surface area contributed by atoms with Crippen molar-refractivity contribution >= 4 is 49.4 Å². The van der Waals surface area contributed by atoms with Crippen LogP contribution in [0.25, 0.3) is 54.9 Å². The number of benzene rings is 4. The molecule has 0 aliphatic heterocycles. The molecule has 2 heterocycles. The Morgan fingerprint density at radius 1 is 0.804 bits per heavy atom. The zero-order valence-corrected chi connectivity index (χ0v) is 38.2. The van der Waals surface area contributed by atoms with Gasteiger partial charge in [0.15, 0.2) is 5.78 Å². The Balaban J connectivity index is 0.000000330. The maximum Gasteiger partial charge on any atom is 0.164 e. The normalized spacial score (nSPS) is 12.6. The number of carbonyl (C=O) groups excluding carboxylic acids is 1. The first kappa shape index (κ1) is 44.8. The Kier molecular flexibility index (Phi) is 14.9. The second-order valence-corrected chi connectivity index (χ2v) is 17.2. The van der Waals surface area contributed by atoms with E-state index in [1.807, 2.05) is 59.7 Å². The van der Waals surface area contributed by atoms with Crippen LogP contribution in [0.5, 0.6) is 0 Å². The summed E-state index contributed by atoms with van der Waals surface area (Å²) in [5.74, 6) is 2.49. The molecule has 0 atom stereocenters. The van der Waals surface area contributed by atoms with E-state index in [4.69, 9.17) is 14.4 Å². The summed E-state index contributed by atoms with van der Waals surface area (Å²) in [6, 6.07) is 25.0. The quantitative estimate of drug-likeness (QED) is 0.0540. The van der Waals surface area contributed by atoms with Gasteiger partial charge < -0.3 is 9.52 Å². The fourth-order valence-electron chi connectivity index (χ4n) is 7.41. The zero-order valence-electron chi connectivity index (χ0n) is 35.8. The van der Waals surface area contributed by atoms with E-state index < -0.39 is 0 Å². The van der Waals surface area contributed by atoms with Crippen LogP contribution in [0.1, 0.15) is 132 Å². The third kappa shape index (κ3) is 9.29. The third-order valence-electron chi connectivity index (χ3n) is 11.9. The number of nitrogens with zero attached hydrogens (tertiary/aromatic N) is 2. The van der Waals surface area contributed by atoms with Gasteiger partial charge in [0.2, 0.25) is 0 Å². The van der Waals surface area contributed by atoms with Crippen molar-refractivity contribution in [3.63, 3.8) is 0 Å². The van der Waals surface area contributed by atoms with Crippen LogP contribution in [0.3, 0.4) is 0 Å². The van der Waals surface area contributed by atoms with Crippen LogP contribution in [0.2, 0.25) is 0 Å². The summed E-state index contributed by atoms with van der Waals surface area (Å²) in [4.78, 5) is 22.5. The number of rotatable bonds is 13. The Labute approximate surface area is 349 Å². The molecule has 56 heavy (non-hydrogen) atoms. The van der Waals surface area contributed by atoms with E-state index in [0.29, 0.717) is 11.8 Å². The van der Waals surface area contributed by atoms with Crippen molar-refractivity contribution in [2.24, 2.45) is 22.7 Å². The number of aliphatic hydroxyl groups is 1. The number of aliphatic hydroxyl groups excluding tert-OH is 1. The molecule has 0 bridgehead atoms. The van der Waals surface area contributed by atoms with Crippen LogP contribution in [0.4, 0.5) is 0 Å². The second kappa shape index (κ2) is 18.6. The maximum atomic E-state index is 12.2. The van der Waals surface area contributed by atoms with E-state index >= 15 is 0 Å². The van der Waals surface area contributed by atoms with Gasteiger partial charge in [-0.25, -0.2) is 4.98 Å². The first-order valence-electron chi connectivity index (χ1n) is 20.6. The minimum Gasteiger partial charge on any atom is -0.512 e. The van der Waals surface area contributed by atoms with Crippen LogP contribution < -0.4 is 0 Å². The fourth-order valence-corrected chi connectivity index (χ4v) is 7.41. The Bertz CT molecular complexity index is 2320. The molecule has 6 heteroatoms. The standard InChI is InChI=1S/C35H35N2O.C15H28O2.Ir/c1-20(2)16-23-18-24-14-15-28-32(29-12-9-11-27-26-10-7-8-13-30(26)38-34(27)29)36-35(22(5)6)37-33(28)31(24)25(19-23)17-21(3)4;1-7-14(5,8-2)12(16)11-13(17)15(6,9-3)10-4;/h7-11,13-15,18-22H,16-17H2,1-6H3;11,16H,7-10H2,1-6H3;/q-1;;/b;12-11-;. The van der Waals surface area contributed by atoms with Gasteiger partial charge in [-0.15, -0.1) is 18.2 Å². The summed E-state index contributed by atoms with van der Waals surface area (Å²) in [6.45, 7) is 25.6. The van der Waals surface area contributed by atoms with Crippen LogP contribution in [0.15, 0.2) is 76.9 Å². The van der Waals surface area contributed by atoms with Gasteiger partial charge in [0.1, 0.15) is 17.2 Å². The van der Waals surface area contributed by atoms with Gasteiger partial charge in [0, 0.05) is 59.4 Å². The number of carbonyl (C=O) groups is 1. The average Bonchev–Trinajstić information content (AvgIpc) is 3.55. The molecule has 4 aromatic carbocycles. The first-order chi connectivity index (χ1) is 26.1. The number of hydrogen-bond donors (Lipinski definition) is 1. The van der Waals surface area contributed by atoms with E-state index in [0.717, 1.165) is 88.4 Å². The molecule has 301 valence electrons. The topological polar surface area (TPSA) is 76.2 Å². The van der Waals surface area contributed by atoms with Gasteiger partial charge in [-0.3, -0.25) is 9.78 Å². The number of para-hydroxylation sites is 1. The Morgan fingerprint density at radius 3 is 2.05 bits per heavy atom. The molecule has 6 rings (SSSR count). The number of fused-ring (bicyclic) bond motifs is 6. The number of ketones is 1. The van der Waals surface area contributed by atoms with Crippen molar-refractivity contribution in [2.75, 3.05) is 0 Å². The number of hydrogen-bond acceptors (Lipinski definition) is 5. The molecule has 0 saturated carbocycles. The van der Waals surface area contributed by atoms with Crippen molar-refractivity contribution in [1.82, 2.24) is 9.97 Å². The number of aromatic nitrogens is 2. The van der Waals surface area contributed by atoms with Crippen molar-refractivity contribution < 1.29 is 34.4 Å². The molecule has 0 amide bonds. The summed E-state index contributed by atoms with van der Waals surface area (Å²) in [5.41, 5.74) is 6.72. The average molecular weight is 932 g/mol. The summed E-state index contributed by atoms with van der Waals surface area (Å²) >= 11 is 0. The van der Waals surface area contributed by atoms with Gasteiger partial charge in [0.05, 0.1) is 11.1 Å². The SMILES string of the molecule is CC(C)Cc1cc(CC(C)C)c2c(ccc3c(-c4[c-]ccc5c4oc4ccccc45)nc(C(C)C)nc32)c1.CCC(C)(CC)C(=O)/C=C(\O)C(C)(CC)CC.[Ir]. The van der Waals surface area contributed by atoms with Crippen molar-refractivity contribution in [2.45, 2.75) is 128 Å². The van der Waals surface area contributed by atoms with E-state index in [1.54, 1.807) is 0 Å². The Morgan fingerprint density at radius 2 is 1.45 bits per heavy atom. The molecule has 6 aromatic rings. The summed E-state index contributed by atoms with van der Waals surface area (Å²) in [6.07, 6.45) is 6.85. The molecule has 2 aromatic heterocycles.